The number of carbonyl (C=O) groups excluding carboxylic acids is 2. The van der Waals surface area contributed by atoms with Crippen molar-refractivity contribution in [3.8, 4) is 0 Å². The maximum Gasteiger partial charge on any atom is 0.164 e. The van der Waals surface area contributed by atoms with Gasteiger partial charge in [0, 0.05) is 4.91 Å². The highest BCUT2D eigenvalue weighted by atomic mass is 32.2. The highest BCUT2D eigenvalue weighted by Crippen LogP contribution is 2.35. The molecule has 1 rings (SSSR count). The Balaban J connectivity index is 2.76. The van der Waals surface area contributed by atoms with Crippen LogP contribution in [0.4, 0.5) is 0 Å². The normalized spacial score (nSPS) is 27.6. The quantitative estimate of drug-likeness (QED) is 0.457. The Bertz CT molecular complexity index is 193. The fraction of sp³-hybridized carbons (Fsp3) is 0. The molecule has 1 unspecified atom stereocenters. The van der Waals surface area contributed by atoms with E-state index in [-0.39, 0.29) is 0 Å². The lowest BCUT2D eigenvalue weighted by atomic mass is 10.5. The SMILES string of the molecule is O=CC1=CC=C[SH]1C=O. The zero-order valence-electron chi connectivity index (χ0n) is 4.65. The summed E-state index contributed by atoms with van der Waals surface area (Å²) in [4.78, 5) is 20.9. The second-order valence-electron chi connectivity index (χ2n) is 1.56. The summed E-state index contributed by atoms with van der Waals surface area (Å²) in [6.07, 6.45) is 4.15. The van der Waals surface area contributed by atoms with Crippen molar-refractivity contribution < 1.29 is 9.59 Å². The summed E-state index contributed by atoms with van der Waals surface area (Å²) in [5.41, 5.74) is 0.819. The molecule has 1 atom stereocenters. The molecule has 2 nitrogen and oxygen atoms in total. The van der Waals surface area contributed by atoms with Gasteiger partial charge in [0.15, 0.2) is 11.9 Å². The van der Waals surface area contributed by atoms with Crippen LogP contribution in [0.25, 0.3) is 0 Å². The highest BCUT2D eigenvalue weighted by Gasteiger charge is 2.06. The van der Waals surface area contributed by atoms with Gasteiger partial charge in [0.2, 0.25) is 0 Å². The maximum atomic E-state index is 10.2. The lowest BCUT2D eigenvalue weighted by Gasteiger charge is -2.00. The number of aldehydes is 1. The van der Waals surface area contributed by atoms with E-state index < -0.39 is 10.9 Å². The molecule has 0 aromatic carbocycles. The number of hydrogen-bond acceptors (Lipinski definition) is 2. The van der Waals surface area contributed by atoms with Gasteiger partial charge in [0.05, 0.1) is 0 Å². The van der Waals surface area contributed by atoms with Crippen molar-refractivity contribution in [3.63, 3.8) is 0 Å². The fourth-order valence-electron chi connectivity index (χ4n) is 0.603. The van der Waals surface area contributed by atoms with Crippen LogP contribution in [0.5, 0.6) is 0 Å². The smallest absolute Gasteiger partial charge is 0.164 e. The summed E-state index contributed by atoms with van der Waals surface area (Å²) < 4.78 is 0. The first-order valence-corrected chi connectivity index (χ1v) is 3.94. The number of rotatable bonds is 2. The molecule has 0 aliphatic carbocycles. The average molecular weight is 142 g/mol. The van der Waals surface area contributed by atoms with Gasteiger partial charge < -0.3 is 0 Å². The number of hydrogen-bond donors (Lipinski definition) is 1. The van der Waals surface area contributed by atoms with Crippen LogP contribution in [0.1, 0.15) is 0 Å². The van der Waals surface area contributed by atoms with E-state index in [4.69, 9.17) is 0 Å². The van der Waals surface area contributed by atoms with Crippen LogP contribution in [0, 0.1) is 0 Å². The van der Waals surface area contributed by atoms with E-state index in [1.165, 1.54) is 0 Å². The third-order valence-electron chi connectivity index (χ3n) is 1.05. The van der Waals surface area contributed by atoms with Crippen molar-refractivity contribution in [1.82, 2.24) is 0 Å². The first-order valence-electron chi connectivity index (χ1n) is 2.46. The summed E-state index contributed by atoms with van der Waals surface area (Å²) >= 11 is 0. The largest absolute Gasteiger partial charge is 0.297 e. The minimum Gasteiger partial charge on any atom is -0.297 e. The van der Waals surface area contributed by atoms with Gasteiger partial charge in [-0.25, -0.2) is 0 Å². The third-order valence-corrected chi connectivity index (χ3v) is 2.62. The van der Waals surface area contributed by atoms with Crippen molar-refractivity contribution in [2.24, 2.45) is 0 Å². The molecule has 0 amide bonds. The van der Waals surface area contributed by atoms with Gasteiger partial charge in [-0.05, 0) is 11.5 Å². The molecule has 1 heterocycles. The molecule has 0 N–H and O–H groups in total. The predicted octanol–water partition coefficient (Wildman–Crippen LogP) is 0.788. The zero-order valence-corrected chi connectivity index (χ0v) is 5.54. The standard InChI is InChI=1S/C6H6O2S/c7-4-6-2-1-3-9(6)5-8/h1-5,9H. The van der Waals surface area contributed by atoms with Crippen molar-refractivity contribution in [2.45, 2.75) is 0 Å². The van der Waals surface area contributed by atoms with Crippen LogP contribution in [-0.4, -0.2) is 11.9 Å². The molecule has 0 saturated heterocycles. The topological polar surface area (TPSA) is 34.1 Å². The Kier molecular flexibility index (Phi) is 1.85. The van der Waals surface area contributed by atoms with E-state index in [1.54, 1.807) is 17.6 Å². The predicted molar refractivity (Wildman–Crippen MR) is 39.0 cm³/mol. The van der Waals surface area contributed by atoms with Crippen molar-refractivity contribution in [1.29, 1.82) is 0 Å². The van der Waals surface area contributed by atoms with E-state index in [1.807, 2.05) is 0 Å². The van der Waals surface area contributed by atoms with Crippen LogP contribution in [0.3, 0.4) is 0 Å². The van der Waals surface area contributed by atoms with E-state index >= 15 is 0 Å². The van der Waals surface area contributed by atoms with E-state index in [0.717, 1.165) is 11.9 Å². The molecular formula is C6H6O2S. The molecule has 3 heteroatoms. The first kappa shape index (κ1) is 6.29. The summed E-state index contributed by atoms with van der Waals surface area (Å²) in [6.45, 7) is 0. The van der Waals surface area contributed by atoms with Crippen LogP contribution in [0.15, 0.2) is 22.5 Å². The van der Waals surface area contributed by atoms with Gasteiger partial charge in [-0.3, -0.25) is 9.59 Å². The highest BCUT2D eigenvalue weighted by molar-refractivity contribution is 8.34. The van der Waals surface area contributed by atoms with E-state index in [2.05, 4.69) is 0 Å². The van der Waals surface area contributed by atoms with E-state index in [9.17, 15) is 9.59 Å². The molecule has 0 saturated carbocycles. The lowest BCUT2D eigenvalue weighted by molar-refractivity contribution is -0.104. The first-order chi connectivity index (χ1) is 4.38. The van der Waals surface area contributed by atoms with Gasteiger partial charge >= 0.3 is 0 Å². The fourth-order valence-corrected chi connectivity index (χ4v) is 1.62. The third kappa shape index (κ3) is 1.10. The average Bonchev–Trinajstić information content (AvgIpc) is 2.33. The molecule has 1 aliphatic rings. The molecule has 0 spiro atoms. The monoisotopic (exact) mass is 142 g/mol. The molecule has 0 fully saturated rings. The van der Waals surface area contributed by atoms with Gasteiger partial charge in [-0.1, -0.05) is 6.08 Å². The minimum absolute atomic E-state index is 0.611. The Morgan fingerprint density at radius 2 is 2.22 bits per heavy atom. The van der Waals surface area contributed by atoms with Gasteiger partial charge in [0.1, 0.15) is 0 Å². The lowest BCUT2D eigenvalue weighted by Crippen LogP contribution is -1.80. The van der Waals surface area contributed by atoms with Crippen LogP contribution >= 0.6 is 10.9 Å². The van der Waals surface area contributed by atoms with Crippen LogP contribution < -0.4 is 0 Å². The Hall–Kier alpha value is -0.830. The summed E-state index contributed by atoms with van der Waals surface area (Å²) in [7, 11) is -0.874. The van der Waals surface area contributed by atoms with Crippen molar-refractivity contribution >= 4 is 22.8 Å². The van der Waals surface area contributed by atoms with Crippen molar-refractivity contribution in [2.75, 3.05) is 0 Å². The molecule has 1 aliphatic heterocycles. The summed E-state index contributed by atoms with van der Waals surface area (Å²) in [5, 5.41) is 1.76. The molecule has 0 bridgehead atoms. The maximum absolute atomic E-state index is 10.2. The van der Waals surface area contributed by atoms with Gasteiger partial charge in [-0.2, -0.15) is 0 Å². The number of allylic oxidation sites excluding steroid dienone is 3. The van der Waals surface area contributed by atoms with Crippen molar-refractivity contribution in [3.05, 3.63) is 22.5 Å². The molecule has 0 aromatic heterocycles. The Morgan fingerprint density at radius 1 is 1.44 bits per heavy atom. The second-order valence-corrected chi connectivity index (χ2v) is 3.40. The molecule has 48 valence electrons. The van der Waals surface area contributed by atoms with Gasteiger partial charge in [0.25, 0.3) is 0 Å². The molecule has 0 aromatic rings. The van der Waals surface area contributed by atoms with Crippen LogP contribution in [0.2, 0.25) is 0 Å². The summed E-state index contributed by atoms with van der Waals surface area (Å²) in [5.74, 6) is 0. The molecule has 9 heavy (non-hydrogen) atoms. The van der Waals surface area contributed by atoms with Gasteiger partial charge in [-0.15, -0.1) is 10.9 Å². The minimum atomic E-state index is -0.874. The Morgan fingerprint density at radius 3 is 2.67 bits per heavy atom. The molecule has 0 radical (unpaired) electrons. The zero-order chi connectivity index (χ0) is 6.69. The summed E-state index contributed by atoms with van der Waals surface area (Å²) in [6, 6.07) is 0. The van der Waals surface area contributed by atoms with Crippen LogP contribution in [-0.2, 0) is 9.59 Å². The number of carbonyl (C=O) groups is 2. The molecular weight excluding hydrogens is 136 g/mol. The number of thiol groups is 1. The second kappa shape index (κ2) is 2.64. The van der Waals surface area contributed by atoms with E-state index in [0.29, 0.717) is 4.91 Å². The Labute approximate surface area is 55.6 Å².